The highest BCUT2D eigenvalue weighted by Crippen LogP contribution is 2.26. The number of aromatic nitrogens is 7. The fraction of sp³-hybridized carbons (Fsp3) is 0.167. The van der Waals surface area contributed by atoms with E-state index >= 15 is 0 Å². The molecule has 10 heteroatoms. The van der Waals surface area contributed by atoms with Gasteiger partial charge in [-0.1, -0.05) is 23.4 Å². The van der Waals surface area contributed by atoms with Crippen molar-refractivity contribution < 1.29 is 0 Å². The third-order valence-corrected chi connectivity index (χ3v) is 6.03. The molecule has 5 rings (SSSR count). The van der Waals surface area contributed by atoms with Crippen LogP contribution in [0.5, 0.6) is 0 Å². The van der Waals surface area contributed by atoms with Gasteiger partial charge < -0.3 is 5.32 Å². The fourth-order valence-electron chi connectivity index (χ4n) is 3.47. The minimum Gasteiger partial charge on any atom is -0.381 e. The molecule has 0 bridgehead atoms. The number of pyridine rings is 2. The number of anilines is 1. The summed E-state index contributed by atoms with van der Waals surface area (Å²) in [4.78, 5) is 10.2. The Labute approximate surface area is 200 Å². The molecule has 0 saturated carbocycles. The summed E-state index contributed by atoms with van der Waals surface area (Å²) >= 11 is 1.72. The highest BCUT2D eigenvalue weighted by molar-refractivity contribution is 7.98. The van der Waals surface area contributed by atoms with Crippen LogP contribution in [-0.2, 0) is 5.75 Å². The van der Waals surface area contributed by atoms with Gasteiger partial charge in [-0.2, -0.15) is 15.0 Å². The lowest BCUT2D eigenvalue weighted by Crippen LogP contribution is -2.14. The lowest BCUT2D eigenvalue weighted by molar-refractivity contribution is 0.787. The first-order valence-corrected chi connectivity index (χ1v) is 11.7. The van der Waals surface area contributed by atoms with Crippen molar-refractivity contribution in [3.63, 3.8) is 0 Å². The van der Waals surface area contributed by atoms with Crippen LogP contribution in [0.25, 0.3) is 22.5 Å². The topological polar surface area (TPSA) is 110 Å². The maximum absolute atomic E-state index is 9.12. The Hall–Kier alpha value is -4.23. The summed E-state index contributed by atoms with van der Waals surface area (Å²) in [6, 6.07) is 16.2. The molecule has 1 aromatic carbocycles. The molecule has 0 unspecified atom stereocenters. The highest BCUT2D eigenvalue weighted by Gasteiger charge is 2.15. The number of thioether (sulfide) groups is 1. The number of rotatable bonds is 7. The molecule has 4 heterocycles. The van der Waals surface area contributed by atoms with Gasteiger partial charge in [0.05, 0.1) is 35.5 Å². The standard InChI is InChI=1S/C24H21N9S/c1-16(2)29-21-9-23(33-24-18(12-28-33)8-17(10-25)11-27-24)26-13-22(21)32-14-19(30-31-32)15-34-20-6-4-3-5-7-20/h3-9,11-14,16H,15H2,1-2H3,(H,26,29). The first-order valence-electron chi connectivity index (χ1n) is 10.7. The Morgan fingerprint density at radius 1 is 1.09 bits per heavy atom. The summed E-state index contributed by atoms with van der Waals surface area (Å²) in [7, 11) is 0. The zero-order valence-corrected chi connectivity index (χ0v) is 19.4. The predicted octanol–water partition coefficient (Wildman–Crippen LogP) is 4.38. The number of hydrogen-bond acceptors (Lipinski definition) is 8. The molecule has 0 atom stereocenters. The summed E-state index contributed by atoms with van der Waals surface area (Å²) in [6.45, 7) is 4.14. The van der Waals surface area contributed by atoms with E-state index in [-0.39, 0.29) is 6.04 Å². The number of nitriles is 1. The number of nitrogens with zero attached hydrogens (tertiary/aromatic N) is 8. The summed E-state index contributed by atoms with van der Waals surface area (Å²) < 4.78 is 3.40. The maximum Gasteiger partial charge on any atom is 0.164 e. The molecule has 0 fully saturated rings. The van der Waals surface area contributed by atoms with Gasteiger partial charge in [0, 0.05) is 34.3 Å². The molecule has 0 aliphatic rings. The average Bonchev–Trinajstić information content (AvgIpc) is 3.50. The van der Waals surface area contributed by atoms with Crippen molar-refractivity contribution >= 4 is 28.5 Å². The van der Waals surface area contributed by atoms with E-state index in [1.165, 1.54) is 11.1 Å². The Morgan fingerprint density at radius 3 is 2.74 bits per heavy atom. The van der Waals surface area contributed by atoms with Gasteiger partial charge in [0.2, 0.25) is 0 Å². The number of fused-ring (bicyclic) bond motifs is 1. The number of hydrogen-bond donors (Lipinski definition) is 1. The molecule has 0 aliphatic heterocycles. The van der Waals surface area contributed by atoms with Crippen LogP contribution in [0.2, 0.25) is 0 Å². The lowest BCUT2D eigenvalue weighted by Gasteiger charge is -2.15. The molecular weight excluding hydrogens is 446 g/mol. The van der Waals surface area contributed by atoms with Gasteiger partial charge in [-0.15, -0.1) is 16.9 Å². The van der Waals surface area contributed by atoms with E-state index < -0.39 is 0 Å². The zero-order valence-electron chi connectivity index (χ0n) is 18.6. The van der Waals surface area contributed by atoms with Crippen molar-refractivity contribution in [2.24, 2.45) is 0 Å². The first kappa shape index (κ1) is 21.6. The summed E-state index contributed by atoms with van der Waals surface area (Å²) in [5.41, 5.74) is 3.64. The third kappa shape index (κ3) is 4.46. The van der Waals surface area contributed by atoms with Crippen molar-refractivity contribution in [3.8, 4) is 17.6 Å². The predicted molar refractivity (Wildman–Crippen MR) is 131 cm³/mol. The molecule has 34 heavy (non-hydrogen) atoms. The molecular formula is C24H21N9S. The first-order chi connectivity index (χ1) is 16.6. The van der Waals surface area contributed by atoms with Crippen LogP contribution < -0.4 is 5.32 Å². The summed E-state index contributed by atoms with van der Waals surface area (Å²) in [5.74, 6) is 1.33. The molecule has 1 N–H and O–H groups in total. The van der Waals surface area contributed by atoms with E-state index in [4.69, 9.17) is 5.26 Å². The van der Waals surface area contributed by atoms with E-state index in [1.807, 2.05) is 30.5 Å². The normalized spacial score (nSPS) is 11.1. The van der Waals surface area contributed by atoms with Gasteiger partial charge in [0.15, 0.2) is 11.5 Å². The SMILES string of the molecule is CC(C)Nc1cc(-n2ncc3cc(C#N)cnc32)ncc1-n1cc(CSc2ccccc2)nn1. The molecule has 168 valence electrons. The van der Waals surface area contributed by atoms with Crippen LogP contribution in [0.15, 0.2) is 72.1 Å². The third-order valence-electron chi connectivity index (χ3n) is 4.98. The van der Waals surface area contributed by atoms with Crippen LogP contribution in [0.3, 0.4) is 0 Å². The van der Waals surface area contributed by atoms with Gasteiger partial charge >= 0.3 is 0 Å². The lowest BCUT2D eigenvalue weighted by atomic mass is 10.2. The molecule has 0 saturated heterocycles. The smallest absolute Gasteiger partial charge is 0.164 e. The van der Waals surface area contributed by atoms with Gasteiger partial charge in [0.25, 0.3) is 0 Å². The quantitative estimate of drug-likeness (QED) is 0.351. The molecule has 0 spiro atoms. The molecule has 0 aliphatic carbocycles. The largest absolute Gasteiger partial charge is 0.381 e. The van der Waals surface area contributed by atoms with E-state index in [1.54, 1.807) is 39.6 Å². The van der Waals surface area contributed by atoms with E-state index in [0.717, 1.165) is 28.2 Å². The van der Waals surface area contributed by atoms with Crippen LogP contribution in [0.4, 0.5) is 5.69 Å². The van der Waals surface area contributed by atoms with Crippen LogP contribution in [-0.4, -0.2) is 40.8 Å². The van der Waals surface area contributed by atoms with E-state index in [2.05, 4.69) is 62.7 Å². The molecule has 5 aromatic rings. The zero-order chi connectivity index (χ0) is 23.5. The van der Waals surface area contributed by atoms with Crippen molar-refractivity contribution in [3.05, 3.63) is 78.5 Å². The van der Waals surface area contributed by atoms with Crippen LogP contribution in [0, 0.1) is 11.3 Å². The average molecular weight is 468 g/mol. The minimum atomic E-state index is 0.191. The molecule has 0 radical (unpaired) electrons. The Kier molecular flexibility index (Phi) is 5.93. The second-order valence-electron chi connectivity index (χ2n) is 7.92. The summed E-state index contributed by atoms with van der Waals surface area (Å²) in [5, 5.41) is 26.5. The highest BCUT2D eigenvalue weighted by atomic mass is 32.2. The Balaban J connectivity index is 1.46. The number of nitrogens with one attached hydrogen (secondary N) is 1. The van der Waals surface area contributed by atoms with Crippen molar-refractivity contribution in [2.45, 2.75) is 30.5 Å². The van der Waals surface area contributed by atoms with E-state index in [9.17, 15) is 0 Å². The van der Waals surface area contributed by atoms with Crippen LogP contribution >= 0.6 is 11.8 Å². The number of benzene rings is 1. The molecule has 0 amide bonds. The fourth-order valence-corrected chi connectivity index (χ4v) is 4.26. The Morgan fingerprint density at radius 2 is 1.94 bits per heavy atom. The second-order valence-corrected chi connectivity index (χ2v) is 8.97. The van der Waals surface area contributed by atoms with Gasteiger partial charge in [-0.25, -0.2) is 14.6 Å². The van der Waals surface area contributed by atoms with Gasteiger partial charge in [-0.3, -0.25) is 0 Å². The van der Waals surface area contributed by atoms with Crippen molar-refractivity contribution in [1.29, 1.82) is 5.26 Å². The second kappa shape index (κ2) is 9.33. The van der Waals surface area contributed by atoms with Crippen LogP contribution in [0.1, 0.15) is 25.1 Å². The molecule has 4 aromatic heterocycles. The summed E-state index contributed by atoms with van der Waals surface area (Å²) in [6.07, 6.45) is 6.89. The monoisotopic (exact) mass is 467 g/mol. The van der Waals surface area contributed by atoms with Gasteiger partial charge in [0.1, 0.15) is 11.8 Å². The van der Waals surface area contributed by atoms with Gasteiger partial charge in [-0.05, 0) is 32.0 Å². The maximum atomic E-state index is 9.12. The van der Waals surface area contributed by atoms with Crippen molar-refractivity contribution in [2.75, 3.05) is 5.32 Å². The van der Waals surface area contributed by atoms with E-state index in [0.29, 0.717) is 17.0 Å². The van der Waals surface area contributed by atoms with Crippen molar-refractivity contribution in [1.82, 2.24) is 34.7 Å². The minimum absolute atomic E-state index is 0.191. The molecule has 9 nitrogen and oxygen atoms in total. The Bertz CT molecular complexity index is 1480.